The first-order valence-corrected chi connectivity index (χ1v) is 9.89. The van der Waals surface area contributed by atoms with Crippen LogP contribution in [0, 0.1) is 27.6 Å². The van der Waals surface area contributed by atoms with Crippen molar-refractivity contribution in [2.75, 3.05) is 18.5 Å². The van der Waals surface area contributed by atoms with Gasteiger partial charge >= 0.3 is 11.8 Å². The maximum atomic E-state index is 14.1. The molecule has 0 fully saturated rings. The molecule has 34 heavy (non-hydrogen) atoms. The molecule has 3 aromatic rings. The summed E-state index contributed by atoms with van der Waals surface area (Å²) in [5.74, 6) is -4.72. The van der Waals surface area contributed by atoms with Gasteiger partial charge in [0.05, 0.1) is 28.1 Å². The average Bonchev–Trinajstić information content (AvgIpc) is 2.75. The van der Waals surface area contributed by atoms with Crippen molar-refractivity contribution in [3.63, 3.8) is 0 Å². The molecule has 1 amide bonds. The number of carbonyl (C=O) groups is 1. The normalized spacial score (nSPS) is 11.2. The van der Waals surface area contributed by atoms with Crippen molar-refractivity contribution >= 4 is 34.2 Å². The number of hydrogen-bond acceptors (Lipinski definition) is 8. The molecule has 2 N–H and O–H groups in total. The number of aromatic nitrogens is 2. The Morgan fingerprint density at radius 2 is 1.88 bits per heavy atom. The Hall–Kier alpha value is -4.16. The van der Waals surface area contributed by atoms with E-state index in [-0.39, 0.29) is 35.6 Å². The fourth-order valence-corrected chi connectivity index (χ4v) is 2.81. The third kappa shape index (κ3) is 5.79. The number of nitro groups is 1. The van der Waals surface area contributed by atoms with E-state index in [0.29, 0.717) is 0 Å². The summed E-state index contributed by atoms with van der Waals surface area (Å²) in [6, 6.07) is 4.07. The summed E-state index contributed by atoms with van der Waals surface area (Å²) < 4.78 is 51.3. The number of fused-ring (bicyclic) bond motifs is 1. The minimum Gasteiger partial charge on any atom is -0.485 e. The molecular formula is C21H20F3N5O5. The number of nitrogens with one attached hydrogen (secondary N) is 2. The second kappa shape index (κ2) is 9.77. The van der Waals surface area contributed by atoms with Crippen molar-refractivity contribution in [3.05, 3.63) is 58.2 Å². The third-order valence-corrected chi connectivity index (χ3v) is 4.23. The van der Waals surface area contributed by atoms with Crippen molar-refractivity contribution in [2.24, 2.45) is 0 Å². The number of ether oxygens (including phenoxy) is 2. The van der Waals surface area contributed by atoms with Crippen LogP contribution in [0.4, 0.5) is 35.2 Å². The molecule has 0 aliphatic rings. The first-order valence-electron chi connectivity index (χ1n) is 9.89. The van der Waals surface area contributed by atoms with Gasteiger partial charge in [0.15, 0.2) is 23.2 Å². The highest BCUT2D eigenvalue weighted by Gasteiger charge is 2.21. The Morgan fingerprint density at radius 1 is 1.15 bits per heavy atom. The van der Waals surface area contributed by atoms with Gasteiger partial charge in [-0.05, 0) is 32.9 Å². The van der Waals surface area contributed by atoms with Crippen molar-refractivity contribution in [1.29, 1.82) is 0 Å². The predicted octanol–water partition coefficient (Wildman–Crippen LogP) is 4.60. The van der Waals surface area contributed by atoms with Crippen LogP contribution in [0.25, 0.3) is 10.9 Å². The summed E-state index contributed by atoms with van der Waals surface area (Å²) in [7, 11) is 0. The third-order valence-electron chi connectivity index (χ3n) is 4.23. The van der Waals surface area contributed by atoms with Crippen LogP contribution in [0.1, 0.15) is 20.8 Å². The summed E-state index contributed by atoms with van der Waals surface area (Å²) in [5, 5.41) is 16.7. The number of carbonyl (C=O) groups excluding carboxylic acids is 1. The summed E-state index contributed by atoms with van der Waals surface area (Å²) in [6.45, 7) is 5.01. The van der Waals surface area contributed by atoms with Crippen molar-refractivity contribution in [1.82, 2.24) is 15.3 Å². The molecule has 3 rings (SSSR count). The van der Waals surface area contributed by atoms with Gasteiger partial charge in [0, 0.05) is 12.1 Å². The minimum absolute atomic E-state index is 0.0100. The molecule has 0 saturated heterocycles. The van der Waals surface area contributed by atoms with Crippen molar-refractivity contribution in [2.45, 2.75) is 26.4 Å². The quantitative estimate of drug-likeness (QED) is 0.218. The van der Waals surface area contributed by atoms with Crippen LogP contribution in [0.5, 0.6) is 5.75 Å². The number of nitrogens with zero attached hydrogens (tertiary/aromatic N) is 3. The molecule has 0 unspecified atom stereocenters. The lowest BCUT2D eigenvalue weighted by atomic mass is 10.2. The summed E-state index contributed by atoms with van der Waals surface area (Å²) in [6.07, 6.45) is 0.430. The molecular weight excluding hydrogens is 459 g/mol. The average molecular weight is 479 g/mol. The number of benzene rings is 2. The lowest BCUT2D eigenvalue weighted by molar-refractivity contribution is -0.385. The molecule has 180 valence electrons. The van der Waals surface area contributed by atoms with E-state index in [0.717, 1.165) is 24.5 Å². The van der Waals surface area contributed by atoms with E-state index >= 15 is 0 Å². The van der Waals surface area contributed by atoms with E-state index in [1.807, 2.05) is 0 Å². The highest BCUT2D eigenvalue weighted by Crippen LogP contribution is 2.35. The Balaban J connectivity index is 1.83. The first-order chi connectivity index (χ1) is 16.0. The number of nitro benzene ring substituents is 1. The van der Waals surface area contributed by atoms with E-state index in [4.69, 9.17) is 9.47 Å². The van der Waals surface area contributed by atoms with Gasteiger partial charge < -0.3 is 20.1 Å². The molecule has 0 spiro atoms. The number of amides is 1. The Labute approximate surface area is 191 Å². The molecule has 13 heteroatoms. The monoisotopic (exact) mass is 479 g/mol. The zero-order valence-electron chi connectivity index (χ0n) is 18.3. The van der Waals surface area contributed by atoms with Gasteiger partial charge in [0.2, 0.25) is 0 Å². The number of rotatable bonds is 7. The highest BCUT2D eigenvalue weighted by atomic mass is 19.2. The number of hydrogen-bond donors (Lipinski definition) is 2. The number of anilines is 2. The molecule has 0 aliphatic heterocycles. The van der Waals surface area contributed by atoms with Crippen LogP contribution in [-0.2, 0) is 4.74 Å². The van der Waals surface area contributed by atoms with Crippen molar-refractivity contribution < 1.29 is 32.4 Å². The van der Waals surface area contributed by atoms with Gasteiger partial charge in [0.25, 0.3) is 0 Å². The van der Waals surface area contributed by atoms with Gasteiger partial charge in [-0.3, -0.25) is 10.1 Å². The van der Waals surface area contributed by atoms with E-state index < -0.39 is 45.4 Å². The van der Waals surface area contributed by atoms with Crippen LogP contribution in [0.2, 0.25) is 0 Å². The molecule has 0 bridgehead atoms. The summed E-state index contributed by atoms with van der Waals surface area (Å²) in [4.78, 5) is 30.5. The maximum absolute atomic E-state index is 14.1. The lowest BCUT2D eigenvalue weighted by Crippen LogP contribution is -2.34. The van der Waals surface area contributed by atoms with Gasteiger partial charge in [0.1, 0.15) is 24.4 Å². The lowest BCUT2D eigenvalue weighted by Gasteiger charge is -2.19. The molecule has 2 aromatic carbocycles. The fourth-order valence-electron chi connectivity index (χ4n) is 2.81. The molecule has 0 saturated carbocycles. The zero-order valence-corrected chi connectivity index (χ0v) is 18.3. The van der Waals surface area contributed by atoms with Gasteiger partial charge in [-0.2, -0.15) is 0 Å². The second-order valence-electron chi connectivity index (χ2n) is 7.94. The smallest absolute Gasteiger partial charge is 0.407 e. The standard InChI is InChI=1S/C21H20F3N5O5/c1-21(2,3)34-20(30)25-6-7-33-16-9-14-11(8-15(16)29(31)32)19(27-10-26-14)28-13-5-4-12(22)17(23)18(13)24/h4-5,8-10H,6-7H2,1-3H3,(H,25,30)(H,26,27,28). The largest absolute Gasteiger partial charge is 0.485 e. The van der Waals surface area contributed by atoms with Crippen LogP contribution < -0.4 is 15.4 Å². The van der Waals surface area contributed by atoms with Gasteiger partial charge in [-0.1, -0.05) is 0 Å². The second-order valence-corrected chi connectivity index (χ2v) is 7.94. The zero-order chi connectivity index (χ0) is 25.0. The van der Waals surface area contributed by atoms with E-state index in [1.165, 1.54) is 6.07 Å². The summed E-state index contributed by atoms with van der Waals surface area (Å²) >= 11 is 0. The summed E-state index contributed by atoms with van der Waals surface area (Å²) in [5.41, 5.74) is -1.36. The first kappa shape index (κ1) is 24.5. The minimum atomic E-state index is -1.68. The molecule has 0 atom stereocenters. The van der Waals surface area contributed by atoms with Crippen LogP contribution >= 0.6 is 0 Å². The van der Waals surface area contributed by atoms with E-state index in [2.05, 4.69) is 20.6 Å². The molecule has 0 aliphatic carbocycles. The van der Waals surface area contributed by atoms with E-state index in [1.54, 1.807) is 20.8 Å². The Kier molecular flexibility index (Phi) is 7.03. The molecule has 1 heterocycles. The van der Waals surface area contributed by atoms with Gasteiger partial charge in [-0.15, -0.1) is 0 Å². The molecule has 10 nitrogen and oxygen atoms in total. The van der Waals surface area contributed by atoms with E-state index in [9.17, 15) is 28.1 Å². The highest BCUT2D eigenvalue weighted by molar-refractivity contribution is 5.93. The number of alkyl carbamates (subject to hydrolysis) is 1. The molecule has 0 radical (unpaired) electrons. The van der Waals surface area contributed by atoms with Crippen molar-refractivity contribution in [3.8, 4) is 5.75 Å². The Bertz CT molecular complexity index is 1250. The maximum Gasteiger partial charge on any atom is 0.407 e. The van der Waals surface area contributed by atoms with Crippen LogP contribution in [0.15, 0.2) is 30.6 Å². The molecule has 1 aromatic heterocycles. The topological polar surface area (TPSA) is 129 Å². The Morgan fingerprint density at radius 3 is 2.56 bits per heavy atom. The predicted molar refractivity (Wildman–Crippen MR) is 116 cm³/mol. The SMILES string of the molecule is CC(C)(C)OC(=O)NCCOc1cc2ncnc(Nc3ccc(F)c(F)c3F)c2cc1[N+](=O)[O-]. The number of halogens is 3. The van der Waals surface area contributed by atoms with Crippen LogP contribution in [-0.4, -0.2) is 39.7 Å². The van der Waals surface area contributed by atoms with Crippen LogP contribution in [0.3, 0.4) is 0 Å². The fraction of sp³-hybridized carbons (Fsp3) is 0.286. The van der Waals surface area contributed by atoms with Gasteiger partial charge in [-0.25, -0.2) is 27.9 Å².